The minimum absolute atomic E-state index is 0.0244. The summed E-state index contributed by atoms with van der Waals surface area (Å²) < 4.78 is 1.06. The van der Waals surface area contributed by atoms with Gasteiger partial charge in [0.2, 0.25) is 0 Å². The van der Waals surface area contributed by atoms with Crippen LogP contribution < -0.4 is 5.48 Å². The molecule has 0 saturated carbocycles. The molecule has 0 fully saturated rings. The zero-order valence-corrected chi connectivity index (χ0v) is 7.87. The Morgan fingerprint density at radius 2 is 2.50 bits per heavy atom. The van der Waals surface area contributed by atoms with Crippen LogP contribution >= 0.6 is 27.3 Å². The van der Waals surface area contributed by atoms with Crippen molar-refractivity contribution in [2.75, 3.05) is 0 Å². The van der Waals surface area contributed by atoms with Gasteiger partial charge >= 0.3 is 0 Å². The maximum absolute atomic E-state index is 8.54. The number of hydrogen-bond donors (Lipinski definition) is 2. The first-order valence-electron chi connectivity index (χ1n) is 2.87. The van der Waals surface area contributed by atoms with E-state index >= 15 is 0 Å². The summed E-state index contributed by atoms with van der Waals surface area (Å²) in [7, 11) is 0. The van der Waals surface area contributed by atoms with Crippen LogP contribution in [0.2, 0.25) is 0 Å². The highest BCUT2D eigenvalue weighted by Gasteiger charge is 2.04. The van der Waals surface area contributed by atoms with Crippen LogP contribution in [0.3, 0.4) is 0 Å². The molecule has 0 radical (unpaired) electrons. The zero-order chi connectivity index (χ0) is 7.56. The Balaban J connectivity index is 2.74. The van der Waals surface area contributed by atoms with Crippen molar-refractivity contribution in [1.29, 1.82) is 0 Å². The average molecular weight is 222 g/mol. The van der Waals surface area contributed by atoms with E-state index in [9.17, 15) is 0 Å². The van der Waals surface area contributed by atoms with Gasteiger partial charge in [0.1, 0.15) is 0 Å². The minimum atomic E-state index is 0.0244. The summed E-state index contributed by atoms with van der Waals surface area (Å²) in [5.41, 5.74) is 2.18. The number of halogens is 1. The van der Waals surface area contributed by atoms with Gasteiger partial charge < -0.3 is 5.21 Å². The molecule has 1 aromatic rings. The Hall–Kier alpha value is 0.1000. The van der Waals surface area contributed by atoms with Crippen LogP contribution in [0.4, 0.5) is 0 Å². The average Bonchev–Trinajstić information content (AvgIpc) is 2.34. The molecule has 1 unspecified atom stereocenters. The van der Waals surface area contributed by atoms with Gasteiger partial charge in [0.15, 0.2) is 0 Å². The van der Waals surface area contributed by atoms with E-state index in [2.05, 4.69) is 21.4 Å². The first kappa shape index (κ1) is 8.20. The van der Waals surface area contributed by atoms with Crippen molar-refractivity contribution in [2.45, 2.75) is 13.0 Å². The Kier molecular flexibility index (Phi) is 2.85. The smallest absolute Gasteiger partial charge is 0.0634 e. The first-order valence-corrected chi connectivity index (χ1v) is 4.55. The molecule has 0 aliphatic carbocycles. The molecule has 0 spiro atoms. The van der Waals surface area contributed by atoms with Crippen LogP contribution in [0, 0.1) is 0 Å². The van der Waals surface area contributed by atoms with Crippen molar-refractivity contribution in [3.05, 3.63) is 20.8 Å². The second kappa shape index (κ2) is 3.48. The van der Waals surface area contributed by atoms with E-state index in [-0.39, 0.29) is 6.04 Å². The molecule has 0 aliphatic rings. The molecule has 1 atom stereocenters. The highest BCUT2D eigenvalue weighted by atomic mass is 79.9. The van der Waals surface area contributed by atoms with E-state index in [1.807, 2.05) is 18.4 Å². The predicted molar refractivity (Wildman–Crippen MR) is 45.4 cm³/mol. The highest BCUT2D eigenvalue weighted by molar-refractivity contribution is 9.10. The van der Waals surface area contributed by atoms with Crippen LogP contribution in [-0.2, 0) is 0 Å². The molecule has 0 saturated heterocycles. The molecule has 0 bridgehead atoms. The Morgan fingerprint density at radius 1 is 1.80 bits per heavy atom. The zero-order valence-electron chi connectivity index (χ0n) is 5.47. The number of rotatable bonds is 2. The van der Waals surface area contributed by atoms with Crippen molar-refractivity contribution in [1.82, 2.24) is 5.48 Å². The minimum Gasteiger partial charge on any atom is -0.316 e. The SMILES string of the molecule is CC(NO)c1cc(Br)cs1. The molecule has 10 heavy (non-hydrogen) atoms. The van der Waals surface area contributed by atoms with E-state index in [0.29, 0.717) is 0 Å². The molecule has 2 nitrogen and oxygen atoms in total. The van der Waals surface area contributed by atoms with Crippen molar-refractivity contribution < 1.29 is 5.21 Å². The largest absolute Gasteiger partial charge is 0.316 e. The topological polar surface area (TPSA) is 32.3 Å². The van der Waals surface area contributed by atoms with Crippen LogP contribution in [0.25, 0.3) is 0 Å². The summed E-state index contributed by atoms with van der Waals surface area (Å²) in [6.07, 6.45) is 0. The van der Waals surface area contributed by atoms with Gasteiger partial charge in [-0.05, 0) is 28.9 Å². The number of hydroxylamine groups is 1. The van der Waals surface area contributed by atoms with Crippen LogP contribution in [-0.4, -0.2) is 5.21 Å². The maximum atomic E-state index is 8.54. The van der Waals surface area contributed by atoms with Crippen molar-refractivity contribution in [2.24, 2.45) is 0 Å². The quantitative estimate of drug-likeness (QED) is 0.753. The van der Waals surface area contributed by atoms with E-state index in [0.717, 1.165) is 9.35 Å². The van der Waals surface area contributed by atoms with Gasteiger partial charge in [-0.15, -0.1) is 11.3 Å². The van der Waals surface area contributed by atoms with Gasteiger partial charge in [0.05, 0.1) is 6.04 Å². The summed E-state index contributed by atoms with van der Waals surface area (Å²) in [5.74, 6) is 0. The maximum Gasteiger partial charge on any atom is 0.0634 e. The predicted octanol–water partition coefficient (Wildman–Crippen LogP) is 2.55. The number of thiophene rings is 1. The molecular formula is C6H8BrNOS. The molecule has 1 heterocycles. The van der Waals surface area contributed by atoms with Gasteiger partial charge in [-0.1, -0.05) is 0 Å². The second-order valence-corrected chi connectivity index (χ2v) is 3.88. The summed E-state index contributed by atoms with van der Waals surface area (Å²) >= 11 is 4.94. The third-order valence-electron chi connectivity index (χ3n) is 1.21. The van der Waals surface area contributed by atoms with Crippen LogP contribution in [0.1, 0.15) is 17.8 Å². The summed E-state index contributed by atoms with van der Waals surface area (Å²) in [6, 6.07) is 2.01. The summed E-state index contributed by atoms with van der Waals surface area (Å²) in [4.78, 5) is 1.12. The Labute approximate surface area is 72.0 Å². The lowest BCUT2D eigenvalue weighted by molar-refractivity contribution is 0.135. The molecular weight excluding hydrogens is 214 g/mol. The molecule has 2 N–H and O–H groups in total. The van der Waals surface area contributed by atoms with E-state index in [4.69, 9.17) is 5.21 Å². The summed E-state index contributed by atoms with van der Waals surface area (Å²) in [6.45, 7) is 1.90. The summed E-state index contributed by atoms with van der Waals surface area (Å²) in [5, 5.41) is 10.5. The lowest BCUT2D eigenvalue weighted by atomic mass is 10.3. The van der Waals surface area contributed by atoms with E-state index < -0.39 is 0 Å². The molecule has 0 aromatic carbocycles. The van der Waals surface area contributed by atoms with E-state index in [1.54, 1.807) is 11.3 Å². The van der Waals surface area contributed by atoms with Gasteiger partial charge in [-0.3, -0.25) is 0 Å². The molecule has 56 valence electrons. The molecule has 0 aliphatic heterocycles. The van der Waals surface area contributed by atoms with Crippen LogP contribution in [0.15, 0.2) is 15.9 Å². The van der Waals surface area contributed by atoms with Gasteiger partial charge in [-0.2, -0.15) is 5.48 Å². The van der Waals surface area contributed by atoms with Crippen molar-refractivity contribution in [3.63, 3.8) is 0 Å². The third-order valence-corrected chi connectivity index (χ3v) is 3.08. The number of hydrogen-bond acceptors (Lipinski definition) is 3. The lowest BCUT2D eigenvalue weighted by Gasteiger charge is -2.03. The monoisotopic (exact) mass is 221 g/mol. The Bertz CT molecular complexity index is 213. The fourth-order valence-corrected chi connectivity index (χ4v) is 2.07. The van der Waals surface area contributed by atoms with Crippen molar-refractivity contribution in [3.8, 4) is 0 Å². The number of nitrogens with one attached hydrogen (secondary N) is 1. The third kappa shape index (κ3) is 1.79. The standard InChI is InChI=1S/C6H8BrNOS/c1-4(8-9)6-2-5(7)3-10-6/h2-4,8-9H,1H3. The molecule has 4 heteroatoms. The Morgan fingerprint density at radius 3 is 2.90 bits per heavy atom. The van der Waals surface area contributed by atoms with Gasteiger partial charge in [0.25, 0.3) is 0 Å². The van der Waals surface area contributed by atoms with Crippen LogP contribution in [0.5, 0.6) is 0 Å². The van der Waals surface area contributed by atoms with Gasteiger partial charge in [-0.25, -0.2) is 0 Å². The van der Waals surface area contributed by atoms with Crippen molar-refractivity contribution >= 4 is 27.3 Å². The highest BCUT2D eigenvalue weighted by Crippen LogP contribution is 2.24. The fraction of sp³-hybridized carbons (Fsp3) is 0.333. The molecule has 0 amide bonds. The lowest BCUT2D eigenvalue weighted by Crippen LogP contribution is -2.11. The van der Waals surface area contributed by atoms with Gasteiger partial charge in [0, 0.05) is 14.7 Å². The normalized spacial score (nSPS) is 13.5. The molecule has 1 aromatic heterocycles. The second-order valence-electron chi connectivity index (χ2n) is 2.02. The molecule has 1 rings (SSSR count). The van der Waals surface area contributed by atoms with E-state index in [1.165, 1.54) is 0 Å². The fourth-order valence-electron chi connectivity index (χ4n) is 0.619. The first-order chi connectivity index (χ1) is 4.74.